The molecule has 126 valence electrons. The van der Waals surface area contributed by atoms with Crippen LogP contribution in [-0.4, -0.2) is 34.5 Å². The highest BCUT2D eigenvalue weighted by Gasteiger charge is 2.50. The minimum atomic E-state index is -0.999. The van der Waals surface area contributed by atoms with Crippen LogP contribution in [0.4, 0.5) is 5.69 Å². The normalized spacial score (nSPS) is 15.5. The minimum absolute atomic E-state index is 0.150. The van der Waals surface area contributed by atoms with Gasteiger partial charge in [0.25, 0.3) is 0 Å². The summed E-state index contributed by atoms with van der Waals surface area (Å²) >= 11 is 0. The van der Waals surface area contributed by atoms with E-state index in [2.05, 4.69) is 10.6 Å². The molecule has 0 atom stereocenters. The van der Waals surface area contributed by atoms with E-state index in [0.29, 0.717) is 18.5 Å². The van der Waals surface area contributed by atoms with E-state index in [1.165, 1.54) is 7.05 Å². The first-order valence-electron chi connectivity index (χ1n) is 7.81. The molecule has 2 amide bonds. The highest BCUT2D eigenvalue weighted by atomic mass is 16.4. The fourth-order valence-electron chi connectivity index (χ4n) is 3.18. The molecule has 1 saturated carbocycles. The third-order valence-electron chi connectivity index (χ3n) is 4.67. The van der Waals surface area contributed by atoms with Crippen molar-refractivity contribution >= 4 is 34.4 Å². The Hall–Kier alpha value is -2.83. The molecule has 1 aromatic heterocycles. The van der Waals surface area contributed by atoms with Gasteiger partial charge in [-0.3, -0.25) is 14.4 Å². The van der Waals surface area contributed by atoms with Crippen molar-refractivity contribution in [2.24, 2.45) is 5.41 Å². The fraction of sp³-hybridized carbons (Fsp3) is 0.353. The molecular weight excluding hydrogens is 310 g/mol. The molecule has 1 aliphatic rings. The summed E-state index contributed by atoms with van der Waals surface area (Å²) in [6, 6.07) is 7.07. The van der Waals surface area contributed by atoms with Gasteiger partial charge in [0.15, 0.2) is 0 Å². The maximum atomic E-state index is 12.7. The standard InChI is InChI=1S/C17H19N3O4/c1-18-15(23)17(7-3-8-17)16(24)19-12-4-2-5-13-11(12)6-9-20(13)10-14(21)22/h2,4-6,9H,3,7-8,10H2,1H3,(H,18,23)(H,19,24)(H,21,22). The Morgan fingerprint density at radius 1 is 1.21 bits per heavy atom. The summed E-state index contributed by atoms with van der Waals surface area (Å²) < 4.78 is 1.60. The van der Waals surface area contributed by atoms with Gasteiger partial charge < -0.3 is 20.3 Å². The van der Waals surface area contributed by atoms with Crippen LogP contribution in [0.5, 0.6) is 0 Å². The Labute approximate surface area is 138 Å². The number of carbonyl (C=O) groups is 3. The number of anilines is 1. The maximum absolute atomic E-state index is 12.7. The minimum Gasteiger partial charge on any atom is -0.480 e. The molecule has 7 nitrogen and oxygen atoms in total. The number of hydrogen-bond donors (Lipinski definition) is 3. The van der Waals surface area contributed by atoms with Crippen molar-refractivity contribution in [3.63, 3.8) is 0 Å². The van der Waals surface area contributed by atoms with Crippen molar-refractivity contribution in [3.8, 4) is 0 Å². The lowest BCUT2D eigenvalue weighted by atomic mass is 9.67. The highest BCUT2D eigenvalue weighted by Crippen LogP contribution is 2.42. The molecule has 1 fully saturated rings. The third-order valence-corrected chi connectivity index (χ3v) is 4.67. The number of fused-ring (bicyclic) bond motifs is 1. The van der Waals surface area contributed by atoms with Gasteiger partial charge in [0.2, 0.25) is 11.8 Å². The predicted molar refractivity (Wildman–Crippen MR) is 88.6 cm³/mol. The number of hydrogen-bond acceptors (Lipinski definition) is 3. The van der Waals surface area contributed by atoms with Gasteiger partial charge in [0.1, 0.15) is 12.0 Å². The number of rotatable bonds is 5. The Kier molecular flexibility index (Phi) is 4.01. The van der Waals surface area contributed by atoms with E-state index >= 15 is 0 Å². The lowest BCUT2D eigenvalue weighted by Gasteiger charge is -2.38. The second-order valence-electron chi connectivity index (χ2n) is 6.04. The van der Waals surface area contributed by atoms with Gasteiger partial charge in [-0.1, -0.05) is 12.5 Å². The molecule has 3 N–H and O–H groups in total. The average molecular weight is 329 g/mol. The summed E-state index contributed by atoms with van der Waals surface area (Å²) in [4.78, 5) is 35.7. The number of carboxylic acid groups (broad SMARTS) is 1. The van der Waals surface area contributed by atoms with Crippen LogP contribution in [0.2, 0.25) is 0 Å². The molecule has 1 aliphatic carbocycles. The second kappa shape index (κ2) is 5.99. The van der Waals surface area contributed by atoms with Crippen molar-refractivity contribution in [1.29, 1.82) is 0 Å². The Morgan fingerprint density at radius 3 is 2.54 bits per heavy atom. The van der Waals surface area contributed by atoms with Gasteiger partial charge in [-0.15, -0.1) is 0 Å². The van der Waals surface area contributed by atoms with E-state index in [1.807, 2.05) is 0 Å². The van der Waals surface area contributed by atoms with Crippen LogP contribution in [0.15, 0.2) is 30.5 Å². The van der Waals surface area contributed by atoms with Gasteiger partial charge in [-0.05, 0) is 31.0 Å². The zero-order valence-corrected chi connectivity index (χ0v) is 13.3. The summed E-state index contributed by atoms with van der Waals surface area (Å²) in [5.74, 6) is -1.51. The summed E-state index contributed by atoms with van der Waals surface area (Å²) in [6.45, 7) is -0.150. The first kappa shape index (κ1) is 16.0. The quantitative estimate of drug-likeness (QED) is 0.725. The molecule has 2 aromatic rings. The van der Waals surface area contributed by atoms with Crippen molar-refractivity contribution < 1.29 is 19.5 Å². The largest absolute Gasteiger partial charge is 0.480 e. The number of amides is 2. The second-order valence-corrected chi connectivity index (χ2v) is 6.04. The number of aromatic nitrogens is 1. The average Bonchev–Trinajstić information content (AvgIpc) is 2.89. The van der Waals surface area contributed by atoms with Crippen molar-refractivity contribution in [3.05, 3.63) is 30.5 Å². The van der Waals surface area contributed by atoms with E-state index in [4.69, 9.17) is 5.11 Å². The van der Waals surface area contributed by atoms with Gasteiger partial charge in [0, 0.05) is 18.6 Å². The molecule has 0 radical (unpaired) electrons. The lowest BCUT2D eigenvalue weighted by molar-refractivity contribution is -0.146. The Morgan fingerprint density at radius 2 is 1.96 bits per heavy atom. The van der Waals surface area contributed by atoms with Gasteiger partial charge >= 0.3 is 5.97 Å². The number of carboxylic acids is 1. The van der Waals surface area contributed by atoms with Crippen LogP contribution >= 0.6 is 0 Å². The number of nitrogens with one attached hydrogen (secondary N) is 2. The molecule has 24 heavy (non-hydrogen) atoms. The van der Waals surface area contributed by atoms with Crippen LogP contribution in [0, 0.1) is 5.41 Å². The van der Waals surface area contributed by atoms with Gasteiger partial charge in [0.05, 0.1) is 11.2 Å². The fourth-order valence-corrected chi connectivity index (χ4v) is 3.18. The monoisotopic (exact) mass is 329 g/mol. The first-order chi connectivity index (χ1) is 11.5. The summed E-state index contributed by atoms with van der Waals surface area (Å²) in [6.07, 6.45) is 3.59. The van der Waals surface area contributed by atoms with Crippen LogP contribution in [0.1, 0.15) is 19.3 Å². The van der Waals surface area contributed by atoms with Gasteiger partial charge in [-0.2, -0.15) is 0 Å². The van der Waals surface area contributed by atoms with E-state index < -0.39 is 11.4 Å². The zero-order chi connectivity index (χ0) is 17.3. The first-order valence-corrected chi connectivity index (χ1v) is 7.81. The number of nitrogens with zero attached hydrogens (tertiary/aromatic N) is 1. The molecule has 3 rings (SSSR count). The third kappa shape index (κ3) is 2.51. The number of benzene rings is 1. The molecule has 0 unspecified atom stereocenters. The molecular formula is C17H19N3O4. The SMILES string of the molecule is CNC(=O)C1(C(=O)Nc2cccc3c2ccn3CC(=O)O)CCC1. The van der Waals surface area contributed by atoms with E-state index in [0.717, 1.165) is 17.3 Å². The Bertz CT molecular complexity index is 820. The zero-order valence-electron chi connectivity index (χ0n) is 13.3. The van der Waals surface area contributed by atoms with Crippen molar-refractivity contribution in [2.75, 3.05) is 12.4 Å². The summed E-state index contributed by atoms with van der Waals surface area (Å²) in [5.41, 5.74) is 0.301. The molecule has 1 heterocycles. The molecule has 0 bridgehead atoms. The molecule has 7 heteroatoms. The van der Waals surface area contributed by atoms with E-state index in [-0.39, 0.29) is 18.4 Å². The van der Waals surface area contributed by atoms with Crippen LogP contribution in [0.3, 0.4) is 0 Å². The maximum Gasteiger partial charge on any atom is 0.323 e. The predicted octanol–water partition coefficient (Wildman–Crippen LogP) is 1.58. The number of carbonyl (C=O) groups excluding carboxylic acids is 2. The Balaban J connectivity index is 1.90. The van der Waals surface area contributed by atoms with Gasteiger partial charge in [-0.25, -0.2) is 0 Å². The highest BCUT2D eigenvalue weighted by molar-refractivity contribution is 6.13. The summed E-state index contributed by atoms with van der Waals surface area (Å²) in [7, 11) is 1.53. The van der Waals surface area contributed by atoms with Crippen LogP contribution in [-0.2, 0) is 20.9 Å². The van der Waals surface area contributed by atoms with Crippen molar-refractivity contribution in [1.82, 2.24) is 9.88 Å². The lowest BCUT2D eigenvalue weighted by Crippen LogP contribution is -2.52. The molecule has 0 spiro atoms. The summed E-state index contributed by atoms with van der Waals surface area (Å²) in [5, 5.41) is 15.1. The molecule has 1 aromatic carbocycles. The number of aliphatic carboxylic acids is 1. The van der Waals surface area contributed by atoms with Crippen molar-refractivity contribution in [2.45, 2.75) is 25.8 Å². The van der Waals surface area contributed by atoms with Crippen LogP contribution in [0.25, 0.3) is 10.9 Å². The smallest absolute Gasteiger partial charge is 0.323 e. The van der Waals surface area contributed by atoms with E-state index in [1.54, 1.807) is 35.0 Å². The molecule has 0 saturated heterocycles. The van der Waals surface area contributed by atoms with E-state index in [9.17, 15) is 14.4 Å². The van der Waals surface area contributed by atoms with Crippen LogP contribution < -0.4 is 10.6 Å². The topological polar surface area (TPSA) is 100 Å². The molecule has 0 aliphatic heterocycles.